The van der Waals surface area contributed by atoms with Gasteiger partial charge in [-0.25, -0.2) is 4.98 Å². The lowest BCUT2D eigenvalue weighted by Gasteiger charge is -2.21. The Morgan fingerprint density at radius 3 is 2.94 bits per heavy atom. The predicted octanol–water partition coefficient (Wildman–Crippen LogP) is 2.37. The molecule has 0 bridgehead atoms. The molecule has 0 unspecified atom stereocenters. The van der Waals surface area contributed by atoms with Crippen molar-refractivity contribution >= 4 is 22.7 Å². The Morgan fingerprint density at radius 1 is 1.47 bits per heavy atom. The SMILES string of the molecule is COc1cccc(N(C)Cc2cscn2)c1N. The topological polar surface area (TPSA) is 51.4 Å². The van der Waals surface area contributed by atoms with E-state index in [-0.39, 0.29) is 0 Å². The van der Waals surface area contributed by atoms with Gasteiger partial charge in [0, 0.05) is 12.4 Å². The number of aromatic nitrogens is 1. The van der Waals surface area contributed by atoms with Crippen LogP contribution in [0.1, 0.15) is 5.69 Å². The third-order valence-electron chi connectivity index (χ3n) is 2.56. The van der Waals surface area contributed by atoms with E-state index >= 15 is 0 Å². The zero-order chi connectivity index (χ0) is 12.3. The normalized spacial score (nSPS) is 10.2. The van der Waals surface area contributed by atoms with Crippen molar-refractivity contribution in [3.8, 4) is 5.75 Å². The van der Waals surface area contributed by atoms with Crippen molar-refractivity contribution in [3.63, 3.8) is 0 Å². The molecule has 0 spiro atoms. The van der Waals surface area contributed by atoms with Gasteiger partial charge in [-0.1, -0.05) is 6.07 Å². The van der Waals surface area contributed by atoms with E-state index in [9.17, 15) is 0 Å². The van der Waals surface area contributed by atoms with Gasteiger partial charge in [-0.15, -0.1) is 11.3 Å². The molecule has 0 radical (unpaired) electrons. The van der Waals surface area contributed by atoms with Crippen molar-refractivity contribution in [1.29, 1.82) is 0 Å². The molecule has 0 aliphatic rings. The van der Waals surface area contributed by atoms with Gasteiger partial charge in [0.05, 0.1) is 36.2 Å². The van der Waals surface area contributed by atoms with Gasteiger partial charge in [0.2, 0.25) is 0 Å². The van der Waals surface area contributed by atoms with Crippen LogP contribution >= 0.6 is 11.3 Å². The van der Waals surface area contributed by atoms with Crippen LogP contribution in [-0.2, 0) is 6.54 Å². The smallest absolute Gasteiger partial charge is 0.143 e. The number of nitrogen functional groups attached to an aromatic ring is 1. The Hall–Kier alpha value is -1.75. The number of rotatable bonds is 4. The number of thiazole rings is 1. The van der Waals surface area contributed by atoms with Crippen molar-refractivity contribution < 1.29 is 4.74 Å². The Balaban J connectivity index is 2.22. The average Bonchev–Trinajstić information content (AvgIpc) is 2.82. The van der Waals surface area contributed by atoms with E-state index in [0.29, 0.717) is 11.4 Å². The summed E-state index contributed by atoms with van der Waals surface area (Å²) in [6, 6.07) is 5.77. The van der Waals surface area contributed by atoms with Crippen LogP contribution in [0.5, 0.6) is 5.75 Å². The highest BCUT2D eigenvalue weighted by atomic mass is 32.1. The first-order chi connectivity index (χ1) is 8.22. The number of anilines is 2. The molecule has 0 amide bonds. The van der Waals surface area contributed by atoms with Gasteiger partial charge in [-0.05, 0) is 12.1 Å². The number of nitrogens with two attached hydrogens (primary N) is 1. The van der Waals surface area contributed by atoms with Crippen LogP contribution in [0.25, 0.3) is 0 Å². The third-order valence-corrected chi connectivity index (χ3v) is 3.19. The molecule has 0 aliphatic carbocycles. The lowest BCUT2D eigenvalue weighted by Crippen LogP contribution is -2.18. The number of para-hydroxylation sites is 1. The van der Waals surface area contributed by atoms with Crippen molar-refractivity contribution in [1.82, 2.24) is 4.98 Å². The molecule has 0 fully saturated rings. The maximum Gasteiger partial charge on any atom is 0.143 e. The Morgan fingerprint density at radius 2 is 2.29 bits per heavy atom. The minimum Gasteiger partial charge on any atom is -0.495 e. The van der Waals surface area contributed by atoms with E-state index < -0.39 is 0 Å². The molecule has 5 heteroatoms. The maximum atomic E-state index is 6.04. The fourth-order valence-electron chi connectivity index (χ4n) is 1.69. The fraction of sp³-hybridized carbons (Fsp3) is 0.250. The Kier molecular flexibility index (Phi) is 3.49. The number of ether oxygens (including phenoxy) is 1. The van der Waals surface area contributed by atoms with Gasteiger partial charge < -0.3 is 15.4 Å². The van der Waals surface area contributed by atoms with Crippen molar-refractivity contribution in [2.24, 2.45) is 0 Å². The van der Waals surface area contributed by atoms with Crippen LogP contribution in [-0.4, -0.2) is 19.1 Å². The molecule has 1 aromatic carbocycles. The first-order valence-electron chi connectivity index (χ1n) is 5.23. The molecule has 1 aromatic heterocycles. The van der Waals surface area contributed by atoms with E-state index in [2.05, 4.69) is 9.88 Å². The molecular weight excluding hydrogens is 234 g/mol. The van der Waals surface area contributed by atoms with Gasteiger partial charge >= 0.3 is 0 Å². The van der Waals surface area contributed by atoms with Crippen LogP contribution in [0.3, 0.4) is 0 Å². The van der Waals surface area contributed by atoms with Crippen LogP contribution in [0.15, 0.2) is 29.1 Å². The van der Waals surface area contributed by atoms with Crippen LogP contribution in [0.4, 0.5) is 11.4 Å². The van der Waals surface area contributed by atoms with Gasteiger partial charge in [0.25, 0.3) is 0 Å². The number of hydrogen-bond donors (Lipinski definition) is 1. The molecule has 90 valence electrons. The quantitative estimate of drug-likeness (QED) is 0.845. The molecule has 2 aromatic rings. The fourth-order valence-corrected chi connectivity index (χ4v) is 2.24. The summed E-state index contributed by atoms with van der Waals surface area (Å²) in [5, 5.41) is 2.03. The highest BCUT2D eigenvalue weighted by Crippen LogP contribution is 2.31. The van der Waals surface area contributed by atoms with Crippen molar-refractivity contribution in [2.75, 3.05) is 24.8 Å². The van der Waals surface area contributed by atoms with E-state index in [1.807, 2.05) is 36.1 Å². The summed E-state index contributed by atoms with van der Waals surface area (Å²) in [4.78, 5) is 6.32. The van der Waals surface area contributed by atoms with Crippen LogP contribution in [0, 0.1) is 0 Å². The van der Waals surface area contributed by atoms with Crippen molar-refractivity contribution in [2.45, 2.75) is 6.54 Å². The second-order valence-corrected chi connectivity index (χ2v) is 4.45. The summed E-state index contributed by atoms with van der Waals surface area (Å²) in [5.41, 5.74) is 10.5. The van der Waals surface area contributed by atoms with Gasteiger partial charge in [-0.2, -0.15) is 0 Å². The monoisotopic (exact) mass is 249 g/mol. The first kappa shape index (κ1) is 11.7. The van der Waals surface area contributed by atoms with Crippen LogP contribution in [0.2, 0.25) is 0 Å². The molecule has 1 heterocycles. The lowest BCUT2D eigenvalue weighted by molar-refractivity contribution is 0.417. The highest BCUT2D eigenvalue weighted by molar-refractivity contribution is 7.07. The van der Waals surface area contributed by atoms with E-state index in [1.165, 1.54) is 0 Å². The standard InChI is InChI=1S/C12H15N3OS/c1-15(6-9-7-17-8-14-9)10-4-3-5-11(16-2)12(10)13/h3-5,7-8H,6,13H2,1-2H3. The molecule has 0 aliphatic heterocycles. The largest absolute Gasteiger partial charge is 0.495 e. The van der Waals surface area contributed by atoms with E-state index in [0.717, 1.165) is 17.9 Å². The van der Waals surface area contributed by atoms with Gasteiger partial charge in [0.1, 0.15) is 5.75 Å². The molecule has 17 heavy (non-hydrogen) atoms. The van der Waals surface area contributed by atoms with Crippen molar-refractivity contribution in [3.05, 3.63) is 34.8 Å². The Bertz CT molecular complexity index is 485. The predicted molar refractivity (Wildman–Crippen MR) is 71.6 cm³/mol. The molecule has 0 atom stereocenters. The second-order valence-electron chi connectivity index (χ2n) is 3.73. The average molecular weight is 249 g/mol. The van der Waals surface area contributed by atoms with Crippen LogP contribution < -0.4 is 15.4 Å². The maximum absolute atomic E-state index is 6.04. The first-order valence-corrected chi connectivity index (χ1v) is 6.17. The number of hydrogen-bond acceptors (Lipinski definition) is 5. The number of nitrogens with zero attached hydrogens (tertiary/aromatic N) is 2. The molecule has 2 N–H and O–H groups in total. The van der Waals surface area contributed by atoms with Gasteiger partial charge in [-0.3, -0.25) is 0 Å². The zero-order valence-corrected chi connectivity index (χ0v) is 10.7. The summed E-state index contributed by atoms with van der Waals surface area (Å²) in [5.74, 6) is 0.702. The lowest BCUT2D eigenvalue weighted by atomic mass is 10.2. The summed E-state index contributed by atoms with van der Waals surface area (Å²) in [6.45, 7) is 0.737. The molecule has 0 saturated heterocycles. The minimum absolute atomic E-state index is 0.660. The second kappa shape index (κ2) is 5.05. The van der Waals surface area contributed by atoms with E-state index in [4.69, 9.17) is 10.5 Å². The molecular formula is C12H15N3OS. The highest BCUT2D eigenvalue weighted by Gasteiger charge is 2.10. The van der Waals surface area contributed by atoms with Gasteiger partial charge in [0.15, 0.2) is 0 Å². The Labute approximate surface area is 105 Å². The molecule has 2 rings (SSSR count). The summed E-state index contributed by atoms with van der Waals surface area (Å²) in [7, 11) is 3.61. The summed E-state index contributed by atoms with van der Waals surface area (Å²) >= 11 is 1.59. The number of benzene rings is 1. The molecule has 0 saturated carbocycles. The third kappa shape index (κ3) is 2.50. The summed E-state index contributed by atoms with van der Waals surface area (Å²) in [6.07, 6.45) is 0. The summed E-state index contributed by atoms with van der Waals surface area (Å²) < 4.78 is 5.21. The molecule has 4 nitrogen and oxygen atoms in total. The minimum atomic E-state index is 0.660. The number of methoxy groups -OCH3 is 1. The zero-order valence-electron chi connectivity index (χ0n) is 9.88. The van der Waals surface area contributed by atoms with E-state index in [1.54, 1.807) is 18.4 Å².